The molecule has 0 aliphatic rings. The maximum absolute atomic E-state index is 8.56. The fourth-order valence-electron chi connectivity index (χ4n) is 0.692. The number of nitrogens with zero attached hydrogens (tertiary/aromatic N) is 2. The lowest BCUT2D eigenvalue weighted by Gasteiger charge is -1.94. The maximum Gasteiger partial charge on any atom is 0.202 e. The van der Waals surface area contributed by atoms with Crippen molar-refractivity contribution in [1.29, 1.82) is 5.26 Å². The first kappa shape index (κ1) is 7.78. The van der Waals surface area contributed by atoms with Gasteiger partial charge >= 0.3 is 0 Å². The summed E-state index contributed by atoms with van der Waals surface area (Å²) in [5, 5.41) is 8.56. The van der Waals surface area contributed by atoms with Crippen LogP contribution >= 0.6 is 15.9 Å². The molecule has 0 N–H and O–H groups in total. The highest BCUT2D eigenvalue weighted by atomic mass is 79.9. The molecular formula is C8H3BrN2. The third-order valence-electron chi connectivity index (χ3n) is 1.22. The topological polar surface area (TPSA) is 28.1 Å². The van der Waals surface area contributed by atoms with E-state index in [0.717, 1.165) is 0 Å². The molecule has 1 aromatic carbocycles. The Morgan fingerprint density at radius 1 is 1.55 bits per heavy atom. The van der Waals surface area contributed by atoms with Gasteiger partial charge in [0.15, 0.2) is 0 Å². The third-order valence-corrected chi connectivity index (χ3v) is 2.05. The Bertz CT molecular complexity index is 325. The van der Waals surface area contributed by atoms with Crippen molar-refractivity contribution in [3.05, 3.63) is 39.7 Å². The van der Waals surface area contributed by atoms with Crippen LogP contribution in [0.5, 0.6) is 0 Å². The van der Waals surface area contributed by atoms with Crippen molar-refractivity contribution in [2.75, 3.05) is 0 Å². The second kappa shape index (κ2) is 3.18. The van der Waals surface area contributed by atoms with Crippen LogP contribution in [0.4, 0.5) is 5.69 Å². The predicted molar refractivity (Wildman–Crippen MR) is 45.1 cm³/mol. The van der Waals surface area contributed by atoms with Crippen LogP contribution in [0, 0.1) is 17.9 Å². The van der Waals surface area contributed by atoms with Crippen LogP contribution in [0.1, 0.15) is 5.56 Å². The second-order valence-corrected chi connectivity index (χ2v) is 2.66. The van der Waals surface area contributed by atoms with Gasteiger partial charge in [-0.3, -0.25) is 0 Å². The van der Waals surface area contributed by atoms with Gasteiger partial charge < -0.3 is 0 Å². The molecule has 0 spiro atoms. The number of halogens is 1. The third kappa shape index (κ3) is 1.39. The molecule has 0 aliphatic heterocycles. The highest BCUT2D eigenvalue weighted by Crippen LogP contribution is 2.27. The van der Waals surface area contributed by atoms with E-state index in [1.54, 1.807) is 18.2 Å². The van der Waals surface area contributed by atoms with Crippen LogP contribution in [0.15, 0.2) is 22.7 Å². The quantitative estimate of drug-likeness (QED) is 0.601. The van der Waals surface area contributed by atoms with Crippen LogP contribution in [0.25, 0.3) is 4.85 Å². The summed E-state index contributed by atoms with van der Waals surface area (Å²) in [6.45, 7) is 6.74. The van der Waals surface area contributed by atoms with Crippen molar-refractivity contribution in [1.82, 2.24) is 0 Å². The van der Waals surface area contributed by atoms with Gasteiger partial charge in [-0.25, -0.2) is 4.85 Å². The molecule has 0 amide bonds. The van der Waals surface area contributed by atoms with Crippen molar-refractivity contribution < 1.29 is 0 Å². The lowest BCUT2D eigenvalue weighted by atomic mass is 10.2. The van der Waals surface area contributed by atoms with E-state index in [1.165, 1.54) is 0 Å². The molecule has 11 heavy (non-hydrogen) atoms. The summed E-state index contributed by atoms with van der Waals surface area (Å²) < 4.78 is 0.581. The molecule has 0 radical (unpaired) electrons. The SMILES string of the molecule is [C-]#[N+]c1cccc(C#N)c1Br. The van der Waals surface area contributed by atoms with Gasteiger partial charge in [0.05, 0.1) is 18.2 Å². The van der Waals surface area contributed by atoms with Crippen LogP contribution in [0.3, 0.4) is 0 Å². The van der Waals surface area contributed by atoms with Gasteiger partial charge in [-0.05, 0) is 6.07 Å². The lowest BCUT2D eigenvalue weighted by Crippen LogP contribution is -1.74. The molecule has 0 saturated heterocycles. The van der Waals surface area contributed by atoms with Gasteiger partial charge in [0.25, 0.3) is 0 Å². The largest absolute Gasteiger partial charge is 0.237 e. The van der Waals surface area contributed by atoms with Gasteiger partial charge in [0, 0.05) is 4.47 Å². The Morgan fingerprint density at radius 2 is 2.27 bits per heavy atom. The fraction of sp³-hybridized carbons (Fsp3) is 0. The summed E-state index contributed by atoms with van der Waals surface area (Å²) >= 11 is 3.17. The summed E-state index contributed by atoms with van der Waals surface area (Å²) in [7, 11) is 0. The van der Waals surface area contributed by atoms with Crippen molar-refractivity contribution in [2.24, 2.45) is 0 Å². The van der Waals surface area contributed by atoms with Gasteiger partial charge in [0.2, 0.25) is 5.69 Å². The number of hydrogen-bond donors (Lipinski definition) is 0. The monoisotopic (exact) mass is 206 g/mol. The van der Waals surface area contributed by atoms with Crippen molar-refractivity contribution in [3.8, 4) is 6.07 Å². The number of rotatable bonds is 0. The lowest BCUT2D eigenvalue weighted by molar-refractivity contribution is 1.47. The van der Waals surface area contributed by atoms with E-state index in [2.05, 4.69) is 20.8 Å². The number of hydrogen-bond acceptors (Lipinski definition) is 1. The summed E-state index contributed by atoms with van der Waals surface area (Å²) in [4.78, 5) is 3.23. The van der Waals surface area contributed by atoms with E-state index in [1.807, 2.05) is 6.07 Å². The molecule has 0 aliphatic carbocycles. The molecule has 52 valence electrons. The average molecular weight is 207 g/mol. The summed E-state index contributed by atoms with van der Waals surface area (Å²) in [5.41, 5.74) is 0.975. The van der Waals surface area contributed by atoms with Crippen LogP contribution in [0.2, 0.25) is 0 Å². The molecule has 2 nitrogen and oxygen atoms in total. The van der Waals surface area contributed by atoms with Crippen LogP contribution in [-0.2, 0) is 0 Å². The molecule has 0 atom stereocenters. The molecule has 1 aromatic rings. The van der Waals surface area contributed by atoms with E-state index < -0.39 is 0 Å². The zero-order valence-electron chi connectivity index (χ0n) is 5.50. The smallest absolute Gasteiger partial charge is 0.202 e. The molecule has 0 heterocycles. The van der Waals surface area contributed by atoms with Crippen LogP contribution in [-0.4, -0.2) is 0 Å². The molecule has 0 fully saturated rings. The fourth-order valence-corrected chi connectivity index (χ4v) is 1.13. The summed E-state index contributed by atoms with van der Waals surface area (Å²) in [6.07, 6.45) is 0. The zero-order chi connectivity index (χ0) is 8.27. The summed E-state index contributed by atoms with van der Waals surface area (Å²) in [6, 6.07) is 7.00. The maximum atomic E-state index is 8.56. The molecular weight excluding hydrogens is 204 g/mol. The molecule has 1 rings (SSSR count). The Labute approximate surface area is 73.0 Å². The van der Waals surface area contributed by atoms with Gasteiger partial charge in [-0.15, -0.1) is 0 Å². The molecule has 3 heteroatoms. The second-order valence-electron chi connectivity index (χ2n) is 1.86. The molecule has 0 bridgehead atoms. The van der Waals surface area contributed by atoms with E-state index in [4.69, 9.17) is 11.8 Å². The Morgan fingerprint density at radius 3 is 2.82 bits per heavy atom. The van der Waals surface area contributed by atoms with E-state index >= 15 is 0 Å². The first-order valence-corrected chi connectivity index (χ1v) is 3.65. The average Bonchev–Trinajstić information content (AvgIpc) is 2.05. The molecule has 0 saturated carbocycles. The highest BCUT2D eigenvalue weighted by molar-refractivity contribution is 9.10. The van der Waals surface area contributed by atoms with E-state index in [0.29, 0.717) is 15.7 Å². The molecule has 0 aromatic heterocycles. The van der Waals surface area contributed by atoms with Gasteiger partial charge in [-0.2, -0.15) is 5.26 Å². The van der Waals surface area contributed by atoms with E-state index in [9.17, 15) is 0 Å². The van der Waals surface area contributed by atoms with Gasteiger partial charge in [0.1, 0.15) is 0 Å². The van der Waals surface area contributed by atoms with Crippen LogP contribution < -0.4 is 0 Å². The predicted octanol–water partition coefficient (Wildman–Crippen LogP) is 2.87. The van der Waals surface area contributed by atoms with Crippen molar-refractivity contribution in [3.63, 3.8) is 0 Å². The minimum absolute atomic E-state index is 0.476. The Kier molecular flexibility index (Phi) is 2.25. The van der Waals surface area contributed by atoms with Crippen molar-refractivity contribution in [2.45, 2.75) is 0 Å². The number of nitriles is 1. The highest BCUT2D eigenvalue weighted by Gasteiger charge is 2.02. The standard InChI is InChI=1S/C8H3BrN2/c1-11-7-4-2-3-6(5-10)8(7)9/h2-4H. The minimum Gasteiger partial charge on any atom is -0.237 e. The molecule has 0 unspecified atom stereocenters. The first-order valence-electron chi connectivity index (χ1n) is 2.85. The van der Waals surface area contributed by atoms with E-state index in [-0.39, 0.29) is 0 Å². The Hall–Kier alpha value is -1.32. The first-order chi connectivity index (χ1) is 5.29. The zero-order valence-corrected chi connectivity index (χ0v) is 7.09. The van der Waals surface area contributed by atoms with Gasteiger partial charge in [-0.1, -0.05) is 28.1 Å². The van der Waals surface area contributed by atoms with Crippen molar-refractivity contribution >= 4 is 21.6 Å². The number of benzene rings is 1. The summed E-state index contributed by atoms with van der Waals surface area (Å²) in [5.74, 6) is 0. The normalized spacial score (nSPS) is 8.27. The minimum atomic E-state index is 0.476. The Balaban J connectivity index is 3.38.